The molecule has 8 heteroatoms. The monoisotopic (exact) mass is 470 g/mol. The van der Waals surface area contributed by atoms with E-state index in [0.29, 0.717) is 53.6 Å². The topological polar surface area (TPSA) is 78.6 Å². The second-order valence-corrected chi connectivity index (χ2v) is 7.89. The molecule has 0 saturated carbocycles. The number of pyridine rings is 1. The number of amides is 1. The van der Waals surface area contributed by atoms with Gasteiger partial charge < -0.3 is 14.4 Å². The van der Waals surface area contributed by atoms with Gasteiger partial charge in [0.15, 0.2) is 0 Å². The number of carbonyl (C=O) groups is 1. The zero-order chi connectivity index (χ0) is 24.9. The van der Waals surface area contributed by atoms with Crippen molar-refractivity contribution in [3.63, 3.8) is 0 Å². The summed E-state index contributed by atoms with van der Waals surface area (Å²) >= 11 is 0. The molecule has 1 saturated heterocycles. The quantitative estimate of drug-likeness (QED) is 0.228. The van der Waals surface area contributed by atoms with Gasteiger partial charge in [-0.15, -0.1) is 6.42 Å². The van der Waals surface area contributed by atoms with Crippen molar-refractivity contribution < 1.29 is 14.3 Å². The van der Waals surface area contributed by atoms with Crippen LogP contribution in [0.15, 0.2) is 78.0 Å². The minimum atomic E-state index is -0.232. The number of imidazole rings is 1. The first-order valence-corrected chi connectivity index (χ1v) is 11.2. The van der Waals surface area contributed by atoms with Crippen molar-refractivity contribution in [3.05, 3.63) is 83.7 Å². The molecule has 0 unspecified atom stereocenters. The molecule has 0 aliphatic carbocycles. The third-order valence-electron chi connectivity index (χ3n) is 5.92. The predicted octanol–water partition coefficient (Wildman–Crippen LogP) is 3.63. The van der Waals surface area contributed by atoms with Gasteiger partial charge in [-0.2, -0.15) is 0 Å². The van der Waals surface area contributed by atoms with Gasteiger partial charge in [0, 0.05) is 19.3 Å². The number of fused-ring (bicyclic) bond motifs is 1. The van der Waals surface area contributed by atoms with Crippen molar-refractivity contribution in [1.29, 1.82) is 0 Å². The minimum absolute atomic E-state index is 0.142. The third-order valence-corrected chi connectivity index (χ3v) is 5.92. The van der Waals surface area contributed by atoms with E-state index in [-0.39, 0.29) is 17.6 Å². The third kappa shape index (κ3) is 4.49. The first kappa shape index (κ1) is 23.6. The molecule has 178 valence electrons. The highest BCUT2D eigenvalue weighted by atomic mass is 16.5. The molecule has 3 aromatic rings. The van der Waals surface area contributed by atoms with Gasteiger partial charge in [-0.1, -0.05) is 12.5 Å². The molecule has 8 nitrogen and oxygen atoms in total. The van der Waals surface area contributed by atoms with Gasteiger partial charge in [0.05, 0.1) is 24.4 Å². The van der Waals surface area contributed by atoms with Crippen molar-refractivity contribution in [2.24, 2.45) is 0 Å². The van der Waals surface area contributed by atoms with Crippen LogP contribution >= 0.6 is 0 Å². The number of nitrogens with zero attached hydrogens (tertiary/aromatic N) is 4. The number of carbonyl (C=O) groups excluding carboxylic acids is 1. The van der Waals surface area contributed by atoms with E-state index in [1.54, 1.807) is 68.8 Å². The Morgan fingerprint density at radius 3 is 2.71 bits per heavy atom. The lowest BCUT2D eigenvalue weighted by Gasteiger charge is -2.15. The summed E-state index contributed by atoms with van der Waals surface area (Å²) in [5.41, 5.74) is 1.66. The molecule has 0 bridgehead atoms. The summed E-state index contributed by atoms with van der Waals surface area (Å²) in [4.78, 5) is 31.9. The Kier molecular flexibility index (Phi) is 6.88. The van der Waals surface area contributed by atoms with Gasteiger partial charge in [-0.3, -0.25) is 13.9 Å². The Bertz CT molecular complexity index is 1420. The van der Waals surface area contributed by atoms with E-state index < -0.39 is 0 Å². The lowest BCUT2D eigenvalue weighted by Crippen LogP contribution is -2.31. The Morgan fingerprint density at radius 1 is 1.29 bits per heavy atom. The van der Waals surface area contributed by atoms with Gasteiger partial charge in [-0.05, 0) is 68.0 Å². The van der Waals surface area contributed by atoms with Crippen LogP contribution in [0.2, 0.25) is 0 Å². The highest BCUT2D eigenvalue weighted by Gasteiger charge is 2.31. The zero-order valence-electron chi connectivity index (χ0n) is 19.7. The molecule has 1 aliphatic heterocycles. The van der Waals surface area contributed by atoms with Crippen molar-refractivity contribution >= 4 is 16.9 Å². The van der Waals surface area contributed by atoms with E-state index in [1.807, 2.05) is 6.92 Å². The molecule has 0 radical (unpaired) electrons. The van der Waals surface area contributed by atoms with E-state index in [1.165, 1.54) is 13.2 Å². The van der Waals surface area contributed by atoms with Gasteiger partial charge >= 0.3 is 5.69 Å². The number of hydrogen-bond acceptors (Lipinski definition) is 5. The van der Waals surface area contributed by atoms with Crippen LogP contribution in [0.3, 0.4) is 0 Å². The summed E-state index contributed by atoms with van der Waals surface area (Å²) in [6.07, 6.45) is 13.9. The van der Waals surface area contributed by atoms with E-state index >= 15 is 0 Å². The summed E-state index contributed by atoms with van der Waals surface area (Å²) in [6.45, 7) is 6.41. The van der Waals surface area contributed by atoms with Crippen LogP contribution in [-0.2, 0) is 4.79 Å². The molecule has 1 fully saturated rings. The SMILES string of the molecule is C#C/C=C\C(=C/C)Oc1ccc(-n2c(=O)n([C@@H]3CCN(C(=O)C=C)C3)c3ccnc(OC)c32)cc1. The number of benzene rings is 1. The number of hydrogen-bond donors (Lipinski definition) is 0. The molecule has 4 rings (SSSR count). The lowest BCUT2D eigenvalue weighted by molar-refractivity contribution is -0.125. The first-order chi connectivity index (χ1) is 17.0. The Morgan fingerprint density at radius 2 is 2.06 bits per heavy atom. The number of terminal acetylenes is 1. The number of likely N-dealkylation sites (tertiary alicyclic amines) is 1. The fourth-order valence-electron chi connectivity index (χ4n) is 4.28. The van der Waals surface area contributed by atoms with Crippen LogP contribution in [0.4, 0.5) is 0 Å². The van der Waals surface area contributed by atoms with Crippen LogP contribution in [0.1, 0.15) is 19.4 Å². The molecule has 35 heavy (non-hydrogen) atoms. The molecule has 0 spiro atoms. The van der Waals surface area contributed by atoms with Gasteiger partial charge in [-0.25, -0.2) is 9.78 Å². The van der Waals surface area contributed by atoms with E-state index in [4.69, 9.17) is 15.9 Å². The highest BCUT2D eigenvalue weighted by molar-refractivity contribution is 5.87. The maximum atomic E-state index is 13.8. The predicted molar refractivity (Wildman–Crippen MR) is 135 cm³/mol. The second-order valence-electron chi connectivity index (χ2n) is 7.89. The smallest absolute Gasteiger partial charge is 0.334 e. The largest absolute Gasteiger partial charge is 0.479 e. The molecule has 1 amide bonds. The Hall–Kier alpha value is -4.51. The van der Waals surface area contributed by atoms with E-state index in [2.05, 4.69) is 17.5 Å². The van der Waals surface area contributed by atoms with Crippen LogP contribution < -0.4 is 15.2 Å². The molecule has 2 aromatic heterocycles. The normalized spacial score (nSPS) is 16.0. The van der Waals surface area contributed by atoms with E-state index in [0.717, 1.165) is 0 Å². The summed E-state index contributed by atoms with van der Waals surface area (Å²) < 4.78 is 14.7. The van der Waals surface area contributed by atoms with Crippen molar-refractivity contribution in [2.45, 2.75) is 19.4 Å². The fourth-order valence-corrected chi connectivity index (χ4v) is 4.28. The van der Waals surface area contributed by atoms with Crippen LogP contribution in [-0.4, -0.2) is 45.1 Å². The average molecular weight is 471 g/mol. The minimum Gasteiger partial charge on any atom is -0.479 e. The number of methoxy groups -OCH3 is 1. The number of rotatable bonds is 7. The summed E-state index contributed by atoms with van der Waals surface area (Å²) in [7, 11) is 1.52. The molecular weight excluding hydrogens is 444 g/mol. The summed E-state index contributed by atoms with van der Waals surface area (Å²) in [5, 5.41) is 0. The van der Waals surface area contributed by atoms with Crippen LogP contribution in [0.25, 0.3) is 16.7 Å². The number of ether oxygens (including phenoxy) is 2. The maximum absolute atomic E-state index is 13.8. The molecular formula is C27H26N4O4. The molecule has 1 aromatic carbocycles. The summed E-state index contributed by atoms with van der Waals surface area (Å²) in [5.74, 6) is 3.84. The lowest BCUT2D eigenvalue weighted by atomic mass is 10.2. The van der Waals surface area contributed by atoms with Gasteiger partial charge in [0.25, 0.3) is 0 Å². The second kappa shape index (κ2) is 10.2. The van der Waals surface area contributed by atoms with Crippen LogP contribution in [0, 0.1) is 12.3 Å². The van der Waals surface area contributed by atoms with Crippen molar-refractivity contribution in [1.82, 2.24) is 19.0 Å². The number of allylic oxidation sites excluding steroid dienone is 3. The number of aromatic nitrogens is 3. The van der Waals surface area contributed by atoms with Gasteiger partial charge in [0.1, 0.15) is 17.0 Å². The highest BCUT2D eigenvalue weighted by Crippen LogP contribution is 2.30. The standard InChI is InChI=1S/C27H26N4O4/c1-5-8-9-21(6-2)35-22-12-10-19(11-13-22)31-25-23(14-16-28-26(25)34-4)30(27(31)33)20-15-17-29(18-20)24(32)7-3/h1,6-14,16,20H,3,15,17-18H2,2,4H3/b9-8-,21-6+/t20-/m1/s1. The van der Waals surface area contributed by atoms with Crippen LogP contribution in [0.5, 0.6) is 11.6 Å². The van der Waals surface area contributed by atoms with E-state index in [9.17, 15) is 9.59 Å². The molecule has 0 N–H and O–H groups in total. The molecule has 3 heterocycles. The van der Waals surface area contributed by atoms with Crippen molar-refractivity contribution in [2.75, 3.05) is 20.2 Å². The molecule has 1 aliphatic rings. The average Bonchev–Trinajstić information content (AvgIpc) is 3.48. The summed E-state index contributed by atoms with van der Waals surface area (Å²) in [6, 6.07) is 8.77. The van der Waals surface area contributed by atoms with Gasteiger partial charge in [0.2, 0.25) is 11.8 Å². The Balaban J connectivity index is 1.77. The molecule has 1 atom stereocenters. The zero-order valence-corrected chi connectivity index (χ0v) is 19.7. The Labute approximate surface area is 203 Å². The van der Waals surface area contributed by atoms with Crippen molar-refractivity contribution in [3.8, 4) is 29.7 Å². The fraction of sp³-hybridized carbons (Fsp3) is 0.222. The maximum Gasteiger partial charge on any atom is 0.334 e. The first-order valence-electron chi connectivity index (χ1n) is 11.2.